The van der Waals surface area contributed by atoms with Crippen LogP contribution in [0.15, 0.2) is 48.5 Å². The molecule has 3 rings (SSSR count). The molecule has 1 fully saturated rings. The van der Waals surface area contributed by atoms with Gasteiger partial charge in [0.25, 0.3) is 5.91 Å². The fourth-order valence-corrected chi connectivity index (χ4v) is 2.63. The van der Waals surface area contributed by atoms with Gasteiger partial charge in [0.2, 0.25) is 5.91 Å². The Morgan fingerprint density at radius 2 is 1.73 bits per heavy atom. The van der Waals surface area contributed by atoms with Gasteiger partial charge in [-0.1, -0.05) is 29.8 Å². The van der Waals surface area contributed by atoms with E-state index in [1.165, 1.54) is 4.90 Å². The molecule has 1 atom stereocenters. The summed E-state index contributed by atoms with van der Waals surface area (Å²) in [4.78, 5) is 26.0. The van der Waals surface area contributed by atoms with E-state index in [0.29, 0.717) is 5.69 Å². The molecule has 1 saturated heterocycles. The van der Waals surface area contributed by atoms with Crippen LogP contribution < -0.4 is 10.2 Å². The number of imide groups is 1. The van der Waals surface area contributed by atoms with Crippen LogP contribution in [0.3, 0.4) is 0 Å². The smallest absolute Gasteiger partial charge is 0.256 e. The van der Waals surface area contributed by atoms with Crippen molar-refractivity contribution in [3.05, 3.63) is 59.7 Å². The predicted molar refractivity (Wildman–Crippen MR) is 86.9 cm³/mol. The quantitative estimate of drug-likeness (QED) is 0.885. The monoisotopic (exact) mass is 294 g/mol. The molecule has 22 heavy (non-hydrogen) atoms. The van der Waals surface area contributed by atoms with E-state index in [0.717, 1.165) is 16.8 Å². The third-order valence-corrected chi connectivity index (χ3v) is 3.80. The van der Waals surface area contributed by atoms with E-state index < -0.39 is 6.04 Å². The van der Waals surface area contributed by atoms with Crippen LogP contribution in [0, 0.1) is 13.8 Å². The fraction of sp³-hybridized carbons (Fsp3) is 0.222. The molecule has 4 heteroatoms. The van der Waals surface area contributed by atoms with Gasteiger partial charge in [-0.2, -0.15) is 0 Å². The third kappa shape index (κ3) is 2.72. The standard InChI is InChI=1S/C18H18N2O2/c1-12-6-8-14(9-7-12)19-16-11-17(21)20(18(16)22)15-5-3-4-13(2)10-15/h3-10,16,19H,11H2,1-2H3. The van der Waals surface area contributed by atoms with Crippen molar-refractivity contribution in [1.29, 1.82) is 0 Å². The summed E-state index contributed by atoms with van der Waals surface area (Å²) in [5, 5.41) is 3.15. The molecule has 0 aliphatic carbocycles. The van der Waals surface area contributed by atoms with Gasteiger partial charge >= 0.3 is 0 Å². The molecule has 0 spiro atoms. The van der Waals surface area contributed by atoms with Crippen molar-refractivity contribution in [1.82, 2.24) is 0 Å². The Labute approximate surface area is 129 Å². The van der Waals surface area contributed by atoms with Gasteiger partial charge in [0.15, 0.2) is 0 Å². The number of benzene rings is 2. The van der Waals surface area contributed by atoms with Crippen LogP contribution in [0.4, 0.5) is 11.4 Å². The van der Waals surface area contributed by atoms with Crippen molar-refractivity contribution in [2.75, 3.05) is 10.2 Å². The van der Waals surface area contributed by atoms with Crippen LogP contribution in [0.1, 0.15) is 17.5 Å². The van der Waals surface area contributed by atoms with Crippen molar-refractivity contribution in [2.24, 2.45) is 0 Å². The highest BCUT2D eigenvalue weighted by atomic mass is 16.2. The molecule has 0 aromatic heterocycles. The van der Waals surface area contributed by atoms with Crippen molar-refractivity contribution in [2.45, 2.75) is 26.3 Å². The number of rotatable bonds is 3. The summed E-state index contributed by atoms with van der Waals surface area (Å²) in [5.41, 5.74) is 3.67. The Balaban J connectivity index is 1.81. The number of anilines is 2. The van der Waals surface area contributed by atoms with E-state index in [1.807, 2.05) is 56.3 Å². The molecular weight excluding hydrogens is 276 g/mol. The average molecular weight is 294 g/mol. The second kappa shape index (κ2) is 5.64. The van der Waals surface area contributed by atoms with E-state index >= 15 is 0 Å². The van der Waals surface area contributed by atoms with Crippen LogP contribution in [0.25, 0.3) is 0 Å². The average Bonchev–Trinajstić information content (AvgIpc) is 2.76. The molecule has 1 aliphatic rings. The largest absolute Gasteiger partial charge is 0.373 e. The summed E-state index contributed by atoms with van der Waals surface area (Å²) >= 11 is 0. The first kappa shape index (κ1) is 14.3. The van der Waals surface area contributed by atoms with Gasteiger partial charge in [-0.05, 0) is 43.7 Å². The number of aryl methyl sites for hydroxylation is 2. The first-order valence-electron chi connectivity index (χ1n) is 7.31. The maximum Gasteiger partial charge on any atom is 0.256 e. The maximum atomic E-state index is 12.5. The van der Waals surface area contributed by atoms with Crippen LogP contribution in [-0.2, 0) is 9.59 Å². The molecular formula is C18H18N2O2. The summed E-state index contributed by atoms with van der Waals surface area (Å²) < 4.78 is 0. The predicted octanol–water partition coefficient (Wildman–Crippen LogP) is 3.05. The number of nitrogens with one attached hydrogen (secondary N) is 1. The molecule has 0 radical (unpaired) electrons. The van der Waals surface area contributed by atoms with E-state index in [1.54, 1.807) is 6.07 Å². The van der Waals surface area contributed by atoms with Crippen molar-refractivity contribution >= 4 is 23.2 Å². The normalized spacial score (nSPS) is 17.9. The Hall–Kier alpha value is -2.62. The van der Waals surface area contributed by atoms with Crippen LogP contribution in [0.2, 0.25) is 0 Å². The minimum absolute atomic E-state index is 0.166. The molecule has 4 nitrogen and oxygen atoms in total. The van der Waals surface area contributed by atoms with Crippen LogP contribution in [0.5, 0.6) is 0 Å². The Kier molecular flexibility index (Phi) is 3.67. The number of hydrogen-bond donors (Lipinski definition) is 1. The number of carbonyl (C=O) groups excluding carboxylic acids is 2. The minimum atomic E-state index is -0.504. The number of amides is 2. The summed E-state index contributed by atoms with van der Waals surface area (Å²) in [6, 6.07) is 14.7. The number of carbonyl (C=O) groups is 2. The van der Waals surface area contributed by atoms with Gasteiger partial charge in [-0.15, -0.1) is 0 Å². The van der Waals surface area contributed by atoms with E-state index in [9.17, 15) is 9.59 Å². The highest BCUT2D eigenvalue weighted by Crippen LogP contribution is 2.25. The van der Waals surface area contributed by atoms with E-state index in [-0.39, 0.29) is 18.2 Å². The molecule has 1 aliphatic heterocycles. The van der Waals surface area contributed by atoms with Gasteiger partial charge in [-0.3, -0.25) is 9.59 Å². The van der Waals surface area contributed by atoms with Gasteiger partial charge in [-0.25, -0.2) is 4.90 Å². The molecule has 2 aromatic carbocycles. The topological polar surface area (TPSA) is 49.4 Å². The van der Waals surface area contributed by atoms with E-state index in [4.69, 9.17) is 0 Å². The van der Waals surface area contributed by atoms with Crippen molar-refractivity contribution in [3.63, 3.8) is 0 Å². The molecule has 2 aromatic rings. The lowest BCUT2D eigenvalue weighted by molar-refractivity contribution is -0.121. The summed E-state index contributed by atoms with van der Waals surface area (Å²) in [7, 11) is 0. The second-order valence-corrected chi connectivity index (χ2v) is 5.67. The Morgan fingerprint density at radius 1 is 1.00 bits per heavy atom. The summed E-state index contributed by atoms with van der Waals surface area (Å²) in [6.07, 6.45) is 0.181. The highest BCUT2D eigenvalue weighted by molar-refractivity contribution is 6.23. The van der Waals surface area contributed by atoms with Crippen LogP contribution >= 0.6 is 0 Å². The van der Waals surface area contributed by atoms with Crippen molar-refractivity contribution in [3.8, 4) is 0 Å². The van der Waals surface area contributed by atoms with Gasteiger partial charge in [0, 0.05) is 5.69 Å². The SMILES string of the molecule is Cc1ccc(NC2CC(=O)N(c3cccc(C)c3)C2=O)cc1. The van der Waals surface area contributed by atoms with Crippen molar-refractivity contribution < 1.29 is 9.59 Å². The minimum Gasteiger partial charge on any atom is -0.373 e. The molecule has 0 saturated carbocycles. The molecule has 112 valence electrons. The Morgan fingerprint density at radius 3 is 2.41 bits per heavy atom. The zero-order valence-electron chi connectivity index (χ0n) is 12.7. The molecule has 2 amide bonds. The fourth-order valence-electron chi connectivity index (χ4n) is 2.63. The lowest BCUT2D eigenvalue weighted by atomic mass is 10.2. The summed E-state index contributed by atoms with van der Waals surface area (Å²) in [5.74, 6) is -0.364. The zero-order valence-corrected chi connectivity index (χ0v) is 12.7. The molecule has 1 N–H and O–H groups in total. The number of hydrogen-bond acceptors (Lipinski definition) is 3. The highest BCUT2D eigenvalue weighted by Gasteiger charge is 2.39. The van der Waals surface area contributed by atoms with Gasteiger partial charge in [0.05, 0.1) is 12.1 Å². The maximum absolute atomic E-state index is 12.5. The van der Waals surface area contributed by atoms with Gasteiger partial charge < -0.3 is 5.32 Å². The van der Waals surface area contributed by atoms with E-state index in [2.05, 4.69) is 5.32 Å². The first-order chi connectivity index (χ1) is 10.5. The molecule has 1 unspecified atom stereocenters. The second-order valence-electron chi connectivity index (χ2n) is 5.67. The number of nitrogens with zero attached hydrogens (tertiary/aromatic N) is 1. The molecule has 0 bridgehead atoms. The summed E-state index contributed by atoms with van der Waals surface area (Å²) in [6.45, 7) is 3.95. The lowest BCUT2D eigenvalue weighted by Gasteiger charge is -2.16. The first-order valence-corrected chi connectivity index (χ1v) is 7.31. The molecule has 1 heterocycles. The lowest BCUT2D eigenvalue weighted by Crippen LogP contribution is -2.34. The zero-order chi connectivity index (χ0) is 15.7. The van der Waals surface area contributed by atoms with Crippen LogP contribution in [-0.4, -0.2) is 17.9 Å². The van der Waals surface area contributed by atoms with Gasteiger partial charge in [0.1, 0.15) is 6.04 Å². The Bertz CT molecular complexity index is 722. The third-order valence-electron chi connectivity index (χ3n) is 3.80.